The van der Waals surface area contributed by atoms with Gasteiger partial charge in [-0.1, -0.05) is 57.4 Å². The highest BCUT2D eigenvalue weighted by atomic mass is 15.3. The van der Waals surface area contributed by atoms with Crippen LogP contribution in [-0.2, 0) is 0 Å². The Bertz CT molecular complexity index is 561. The van der Waals surface area contributed by atoms with Crippen molar-refractivity contribution in [2.24, 2.45) is 0 Å². The molecule has 1 saturated carbocycles. The second-order valence-corrected chi connectivity index (χ2v) is 6.59. The summed E-state index contributed by atoms with van der Waals surface area (Å²) in [6.45, 7) is 2.23. The van der Waals surface area contributed by atoms with Crippen molar-refractivity contribution >= 4 is 11.0 Å². The first-order valence-corrected chi connectivity index (χ1v) is 8.66. The number of hydrogen-bond acceptors (Lipinski definition) is 2. The maximum Gasteiger partial charge on any atom is 0.116 e. The zero-order valence-electron chi connectivity index (χ0n) is 13.2. The second kappa shape index (κ2) is 7.06. The molecule has 114 valence electrons. The Hall–Kier alpha value is -1.38. The Kier molecular flexibility index (Phi) is 4.89. The predicted molar refractivity (Wildman–Crippen MR) is 87.5 cm³/mol. The van der Waals surface area contributed by atoms with E-state index in [9.17, 15) is 0 Å². The topological polar surface area (TPSA) is 41.6 Å². The van der Waals surface area contributed by atoms with Crippen molar-refractivity contribution in [2.45, 2.75) is 77.0 Å². The van der Waals surface area contributed by atoms with Crippen LogP contribution in [0.2, 0.25) is 0 Å². The minimum Gasteiger partial charge on any atom is -0.197 e. The third-order valence-corrected chi connectivity index (χ3v) is 5.01. The van der Waals surface area contributed by atoms with Crippen molar-refractivity contribution in [3.8, 4) is 0 Å². The van der Waals surface area contributed by atoms with E-state index in [0.29, 0.717) is 5.92 Å². The minimum atomic E-state index is 0.664. The summed E-state index contributed by atoms with van der Waals surface area (Å²) < 4.78 is 0. The van der Waals surface area contributed by atoms with Crippen LogP contribution in [0.5, 0.6) is 0 Å². The van der Waals surface area contributed by atoms with Crippen LogP contribution in [-0.4, -0.2) is 15.4 Å². The zero-order chi connectivity index (χ0) is 14.5. The molecule has 1 aliphatic carbocycles. The highest BCUT2D eigenvalue weighted by Gasteiger charge is 2.19. The number of benzene rings is 1. The maximum absolute atomic E-state index is 4.43. The van der Waals surface area contributed by atoms with Gasteiger partial charge in [0.2, 0.25) is 0 Å². The number of H-pyrrole nitrogens is 1. The van der Waals surface area contributed by atoms with Crippen molar-refractivity contribution in [2.75, 3.05) is 0 Å². The van der Waals surface area contributed by atoms with Crippen LogP contribution in [0.3, 0.4) is 0 Å². The normalized spacial score (nSPS) is 19.5. The average molecular weight is 285 g/mol. The van der Waals surface area contributed by atoms with Gasteiger partial charge >= 0.3 is 0 Å². The lowest BCUT2D eigenvalue weighted by Gasteiger charge is -2.19. The van der Waals surface area contributed by atoms with Gasteiger partial charge in [-0.25, -0.2) is 0 Å². The molecular weight excluding hydrogens is 258 g/mol. The summed E-state index contributed by atoms with van der Waals surface area (Å²) >= 11 is 0. The van der Waals surface area contributed by atoms with E-state index in [-0.39, 0.29) is 0 Å². The third kappa shape index (κ3) is 3.45. The van der Waals surface area contributed by atoms with E-state index in [2.05, 4.69) is 34.5 Å². The monoisotopic (exact) mass is 285 g/mol. The molecule has 0 amide bonds. The van der Waals surface area contributed by atoms with Crippen molar-refractivity contribution in [1.82, 2.24) is 15.4 Å². The lowest BCUT2D eigenvalue weighted by molar-refractivity contribution is 0.514. The minimum absolute atomic E-state index is 0.664. The number of nitrogens with zero attached hydrogens (tertiary/aromatic N) is 2. The molecule has 0 radical (unpaired) electrons. The van der Waals surface area contributed by atoms with E-state index in [4.69, 9.17) is 0 Å². The maximum atomic E-state index is 4.43. The Balaban J connectivity index is 1.86. The first-order chi connectivity index (χ1) is 10.4. The van der Waals surface area contributed by atoms with E-state index in [1.165, 1.54) is 75.3 Å². The van der Waals surface area contributed by atoms with E-state index in [0.717, 1.165) is 11.0 Å². The first-order valence-electron chi connectivity index (χ1n) is 8.66. The summed E-state index contributed by atoms with van der Waals surface area (Å²) in [7, 11) is 0. The smallest absolute Gasteiger partial charge is 0.116 e. The molecule has 1 aromatic carbocycles. The van der Waals surface area contributed by atoms with Gasteiger partial charge in [0, 0.05) is 0 Å². The van der Waals surface area contributed by atoms with Crippen LogP contribution in [0.1, 0.15) is 81.3 Å². The number of aryl methyl sites for hydroxylation is 1. The Morgan fingerprint density at radius 3 is 2.14 bits per heavy atom. The van der Waals surface area contributed by atoms with Crippen LogP contribution in [0, 0.1) is 6.92 Å². The van der Waals surface area contributed by atoms with Gasteiger partial charge in [0.15, 0.2) is 0 Å². The number of fused-ring (bicyclic) bond motifs is 1. The molecule has 1 heterocycles. The molecule has 21 heavy (non-hydrogen) atoms. The molecule has 1 N–H and O–H groups in total. The second-order valence-electron chi connectivity index (χ2n) is 6.59. The van der Waals surface area contributed by atoms with Gasteiger partial charge in [-0.15, -0.1) is 0 Å². The molecule has 3 heteroatoms. The Morgan fingerprint density at radius 1 is 0.857 bits per heavy atom. The molecule has 1 aliphatic rings. The number of hydrogen-bond donors (Lipinski definition) is 1. The summed E-state index contributed by atoms with van der Waals surface area (Å²) in [5.41, 5.74) is 4.97. The molecule has 0 bridgehead atoms. The predicted octanol–water partition coefficient (Wildman–Crippen LogP) is 5.26. The van der Waals surface area contributed by atoms with Gasteiger partial charge in [-0.05, 0) is 42.9 Å². The van der Waals surface area contributed by atoms with Crippen LogP contribution in [0.25, 0.3) is 11.0 Å². The highest BCUT2D eigenvalue weighted by Crippen LogP contribution is 2.35. The molecule has 0 unspecified atom stereocenters. The molecule has 0 aliphatic heterocycles. The quantitative estimate of drug-likeness (QED) is 0.776. The lowest BCUT2D eigenvalue weighted by atomic mass is 9.85. The SMILES string of the molecule is Cc1ccc2n[nH]nc2c1C1CCCCCCCCCC1. The van der Waals surface area contributed by atoms with E-state index in [1.807, 2.05) is 0 Å². The largest absolute Gasteiger partial charge is 0.197 e. The molecule has 1 fully saturated rings. The molecule has 1 aromatic heterocycles. The molecule has 3 nitrogen and oxygen atoms in total. The summed E-state index contributed by atoms with van der Waals surface area (Å²) in [4.78, 5) is 0. The molecule has 0 saturated heterocycles. The molecule has 3 rings (SSSR count). The Labute approximate surface area is 127 Å². The summed E-state index contributed by atoms with van der Waals surface area (Å²) in [6.07, 6.45) is 13.8. The van der Waals surface area contributed by atoms with Crippen LogP contribution >= 0.6 is 0 Å². The fourth-order valence-electron chi connectivity index (χ4n) is 3.82. The van der Waals surface area contributed by atoms with Crippen molar-refractivity contribution in [3.05, 3.63) is 23.3 Å². The van der Waals surface area contributed by atoms with E-state index >= 15 is 0 Å². The molecule has 0 spiro atoms. The average Bonchev–Trinajstić information content (AvgIpc) is 2.93. The van der Waals surface area contributed by atoms with Crippen molar-refractivity contribution in [1.29, 1.82) is 0 Å². The lowest BCUT2D eigenvalue weighted by Crippen LogP contribution is -2.03. The standard InChI is InChI=1S/C18H27N3/c1-14-12-13-16-18(20-21-19-16)17(14)15-10-8-6-4-2-3-5-7-9-11-15/h12-13,15H,2-11H2,1H3,(H,19,20,21). The molecule has 2 aromatic rings. The first kappa shape index (κ1) is 14.6. The fourth-order valence-corrected chi connectivity index (χ4v) is 3.82. The third-order valence-electron chi connectivity index (χ3n) is 5.01. The summed E-state index contributed by atoms with van der Waals surface area (Å²) in [5.74, 6) is 0.664. The van der Waals surface area contributed by atoms with Gasteiger partial charge in [-0.2, -0.15) is 15.4 Å². The van der Waals surface area contributed by atoms with E-state index < -0.39 is 0 Å². The van der Waals surface area contributed by atoms with Crippen LogP contribution in [0.4, 0.5) is 0 Å². The van der Waals surface area contributed by atoms with Gasteiger partial charge in [0.25, 0.3) is 0 Å². The summed E-state index contributed by atoms with van der Waals surface area (Å²) in [5, 5.41) is 11.5. The fraction of sp³-hybridized carbons (Fsp3) is 0.667. The molecular formula is C18H27N3. The Morgan fingerprint density at radius 2 is 1.48 bits per heavy atom. The highest BCUT2D eigenvalue weighted by molar-refractivity contribution is 5.79. The van der Waals surface area contributed by atoms with Gasteiger partial charge < -0.3 is 0 Å². The molecule has 0 atom stereocenters. The summed E-state index contributed by atoms with van der Waals surface area (Å²) in [6, 6.07) is 4.30. The van der Waals surface area contributed by atoms with Gasteiger partial charge in [0.1, 0.15) is 11.0 Å². The number of aromatic amines is 1. The van der Waals surface area contributed by atoms with Crippen LogP contribution < -0.4 is 0 Å². The van der Waals surface area contributed by atoms with Crippen molar-refractivity contribution in [3.63, 3.8) is 0 Å². The number of nitrogens with one attached hydrogen (secondary N) is 1. The zero-order valence-corrected chi connectivity index (χ0v) is 13.2. The number of aromatic nitrogens is 3. The van der Waals surface area contributed by atoms with Crippen molar-refractivity contribution < 1.29 is 0 Å². The van der Waals surface area contributed by atoms with Gasteiger partial charge in [0.05, 0.1) is 0 Å². The van der Waals surface area contributed by atoms with Gasteiger partial charge in [-0.3, -0.25) is 0 Å². The van der Waals surface area contributed by atoms with Crippen LogP contribution in [0.15, 0.2) is 12.1 Å². The van der Waals surface area contributed by atoms with E-state index in [1.54, 1.807) is 0 Å². The number of rotatable bonds is 1.